The average Bonchev–Trinajstić information content (AvgIpc) is 2.34. The Morgan fingerprint density at radius 2 is 1.95 bits per heavy atom. The molecule has 7 heteroatoms. The largest absolute Gasteiger partial charge is 0.416 e. The maximum Gasteiger partial charge on any atom is 0.416 e. The van der Waals surface area contributed by atoms with Crippen LogP contribution in [0.3, 0.4) is 0 Å². The highest BCUT2D eigenvalue weighted by Crippen LogP contribution is 2.31. The quantitative estimate of drug-likeness (QED) is 0.668. The summed E-state index contributed by atoms with van der Waals surface area (Å²) in [4.78, 5) is 12.7. The van der Waals surface area contributed by atoms with Crippen LogP contribution < -0.4 is 5.32 Å². The first kappa shape index (κ1) is 16.3. The number of hydrogen-bond acceptors (Lipinski definition) is 2. The van der Waals surface area contributed by atoms with Crippen molar-refractivity contribution in [1.29, 1.82) is 0 Å². The Morgan fingerprint density at radius 3 is 2.50 bits per heavy atom. The van der Waals surface area contributed by atoms with Crippen molar-refractivity contribution >= 4 is 11.6 Å². The van der Waals surface area contributed by atoms with Crippen LogP contribution in [0.4, 0.5) is 23.2 Å². The molecule has 0 fully saturated rings. The monoisotopic (exact) mass is 292 g/mol. The van der Waals surface area contributed by atoms with Gasteiger partial charge in [0.2, 0.25) is 5.91 Å². The van der Waals surface area contributed by atoms with Crippen LogP contribution in [-0.2, 0) is 11.0 Å². The summed E-state index contributed by atoms with van der Waals surface area (Å²) in [6.07, 6.45) is -3.85. The van der Waals surface area contributed by atoms with Gasteiger partial charge in [-0.3, -0.25) is 4.79 Å². The third-order valence-electron chi connectivity index (χ3n) is 2.68. The Morgan fingerprint density at radius 1 is 1.30 bits per heavy atom. The van der Waals surface area contributed by atoms with Crippen LogP contribution in [0.5, 0.6) is 0 Å². The summed E-state index contributed by atoms with van der Waals surface area (Å²) < 4.78 is 50.8. The van der Waals surface area contributed by atoms with Crippen LogP contribution in [0.15, 0.2) is 18.2 Å². The molecule has 0 aromatic heterocycles. The van der Waals surface area contributed by atoms with Crippen LogP contribution in [0.2, 0.25) is 0 Å². The second kappa shape index (κ2) is 6.58. The van der Waals surface area contributed by atoms with Gasteiger partial charge >= 0.3 is 6.18 Å². The number of anilines is 1. The van der Waals surface area contributed by atoms with Crippen LogP contribution in [0, 0.1) is 5.82 Å². The highest BCUT2D eigenvalue weighted by molar-refractivity contribution is 5.75. The molecule has 0 unspecified atom stereocenters. The van der Waals surface area contributed by atoms with Crippen LogP contribution in [0.25, 0.3) is 0 Å². The van der Waals surface area contributed by atoms with E-state index in [2.05, 4.69) is 5.32 Å². The summed E-state index contributed by atoms with van der Waals surface area (Å²) in [5.41, 5.74) is -1.12. The van der Waals surface area contributed by atoms with E-state index in [1.165, 1.54) is 4.90 Å². The summed E-state index contributed by atoms with van der Waals surface area (Å²) in [6, 6.07) is 2.19. The Hall–Kier alpha value is -1.79. The van der Waals surface area contributed by atoms with Crippen molar-refractivity contribution in [3.05, 3.63) is 29.6 Å². The molecular weight excluding hydrogens is 276 g/mol. The first-order valence-electron chi connectivity index (χ1n) is 6.02. The lowest BCUT2D eigenvalue weighted by Crippen LogP contribution is -2.22. The van der Waals surface area contributed by atoms with Gasteiger partial charge in [0, 0.05) is 27.1 Å². The summed E-state index contributed by atoms with van der Waals surface area (Å²) in [5.74, 6) is -0.840. The first-order valence-corrected chi connectivity index (χ1v) is 6.02. The molecule has 20 heavy (non-hydrogen) atoms. The average molecular weight is 292 g/mol. The zero-order valence-electron chi connectivity index (χ0n) is 11.2. The van der Waals surface area contributed by atoms with Gasteiger partial charge in [-0.1, -0.05) is 0 Å². The van der Waals surface area contributed by atoms with Crippen molar-refractivity contribution < 1.29 is 22.4 Å². The van der Waals surface area contributed by atoms with E-state index in [1.807, 2.05) is 0 Å². The summed E-state index contributed by atoms with van der Waals surface area (Å²) in [6.45, 7) is 0.220. The molecule has 3 nitrogen and oxygen atoms in total. The molecule has 1 N–H and O–H groups in total. The van der Waals surface area contributed by atoms with Gasteiger partial charge in [-0.2, -0.15) is 13.2 Å². The number of alkyl halides is 3. The lowest BCUT2D eigenvalue weighted by molar-refractivity contribution is -0.137. The Bertz CT molecular complexity index is 472. The standard InChI is InChI=1S/C13H16F4N2O/c1-19(2)12(20)4-3-7-18-11-8-9(13(15,16)17)5-6-10(11)14/h5-6,8,18H,3-4,7H2,1-2H3. The number of hydrogen-bond donors (Lipinski definition) is 1. The van der Waals surface area contributed by atoms with Gasteiger partial charge in [0.25, 0.3) is 0 Å². The minimum absolute atomic E-state index is 0.0867. The number of carbonyl (C=O) groups excluding carboxylic acids is 1. The van der Waals surface area contributed by atoms with E-state index in [9.17, 15) is 22.4 Å². The third-order valence-corrected chi connectivity index (χ3v) is 2.68. The topological polar surface area (TPSA) is 32.3 Å². The van der Waals surface area contributed by atoms with Gasteiger partial charge in [-0.25, -0.2) is 4.39 Å². The van der Waals surface area contributed by atoms with Gasteiger partial charge in [0.1, 0.15) is 5.82 Å². The number of nitrogens with zero attached hydrogens (tertiary/aromatic N) is 1. The molecule has 112 valence electrons. The lowest BCUT2D eigenvalue weighted by atomic mass is 10.2. The number of carbonyl (C=O) groups is 1. The zero-order chi connectivity index (χ0) is 15.3. The molecule has 0 heterocycles. The number of benzene rings is 1. The van der Waals surface area contributed by atoms with Crippen LogP contribution >= 0.6 is 0 Å². The van der Waals surface area contributed by atoms with Crippen LogP contribution in [0.1, 0.15) is 18.4 Å². The fourth-order valence-corrected chi connectivity index (χ4v) is 1.52. The lowest BCUT2D eigenvalue weighted by Gasteiger charge is -2.12. The molecule has 0 radical (unpaired) electrons. The maximum atomic E-state index is 13.4. The summed E-state index contributed by atoms with van der Waals surface area (Å²) in [7, 11) is 3.23. The second-order valence-electron chi connectivity index (χ2n) is 4.51. The van der Waals surface area contributed by atoms with Crippen molar-refractivity contribution in [2.45, 2.75) is 19.0 Å². The number of halogens is 4. The highest BCUT2D eigenvalue weighted by Gasteiger charge is 2.31. The van der Waals surface area contributed by atoms with Gasteiger partial charge in [-0.15, -0.1) is 0 Å². The Kier molecular flexibility index (Phi) is 5.35. The summed E-state index contributed by atoms with van der Waals surface area (Å²) in [5, 5.41) is 2.57. The normalized spacial score (nSPS) is 11.3. The molecule has 0 aliphatic heterocycles. The predicted octanol–water partition coefficient (Wildman–Crippen LogP) is 3.12. The van der Waals surface area contributed by atoms with Crippen molar-refractivity contribution in [3.8, 4) is 0 Å². The molecule has 0 bridgehead atoms. The van der Waals surface area contributed by atoms with E-state index in [0.717, 1.165) is 12.1 Å². The molecule has 1 aromatic rings. The van der Waals surface area contributed by atoms with E-state index in [0.29, 0.717) is 12.5 Å². The van der Waals surface area contributed by atoms with Crippen molar-refractivity contribution in [1.82, 2.24) is 4.90 Å². The van der Waals surface area contributed by atoms with Gasteiger partial charge in [-0.05, 0) is 24.6 Å². The van der Waals surface area contributed by atoms with Gasteiger partial charge in [0.15, 0.2) is 0 Å². The number of rotatable bonds is 5. The molecule has 0 atom stereocenters. The first-order chi connectivity index (χ1) is 9.21. The van der Waals surface area contributed by atoms with Crippen molar-refractivity contribution in [2.75, 3.05) is 26.0 Å². The smallest absolute Gasteiger partial charge is 0.383 e. The van der Waals surface area contributed by atoms with Gasteiger partial charge in [0.05, 0.1) is 11.3 Å². The Labute approximate surface area is 114 Å². The molecule has 1 rings (SSSR count). The molecule has 0 aliphatic carbocycles. The number of nitrogens with one attached hydrogen (secondary N) is 1. The zero-order valence-corrected chi connectivity index (χ0v) is 11.2. The molecule has 1 amide bonds. The van der Waals surface area contributed by atoms with Gasteiger partial charge < -0.3 is 10.2 Å². The minimum Gasteiger partial charge on any atom is -0.383 e. The molecule has 0 saturated carbocycles. The molecular formula is C13H16F4N2O. The summed E-state index contributed by atoms with van der Waals surface area (Å²) >= 11 is 0. The fourth-order valence-electron chi connectivity index (χ4n) is 1.52. The third kappa shape index (κ3) is 4.71. The SMILES string of the molecule is CN(C)C(=O)CCCNc1cc(C(F)(F)F)ccc1F. The maximum absolute atomic E-state index is 13.4. The van der Waals surface area contributed by atoms with E-state index in [-0.39, 0.29) is 24.6 Å². The highest BCUT2D eigenvalue weighted by atomic mass is 19.4. The van der Waals surface area contributed by atoms with E-state index in [1.54, 1.807) is 14.1 Å². The van der Waals surface area contributed by atoms with E-state index in [4.69, 9.17) is 0 Å². The minimum atomic E-state index is -4.51. The molecule has 0 aliphatic rings. The van der Waals surface area contributed by atoms with Crippen LogP contribution in [-0.4, -0.2) is 31.4 Å². The van der Waals surface area contributed by atoms with Crippen molar-refractivity contribution in [3.63, 3.8) is 0 Å². The second-order valence-corrected chi connectivity index (χ2v) is 4.51. The van der Waals surface area contributed by atoms with E-state index < -0.39 is 17.6 Å². The fraction of sp³-hybridized carbons (Fsp3) is 0.462. The van der Waals surface area contributed by atoms with Crippen molar-refractivity contribution in [2.24, 2.45) is 0 Å². The molecule has 1 aromatic carbocycles. The Balaban J connectivity index is 2.58. The molecule has 0 saturated heterocycles. The predicted molar refractivity (Wildman–Crippen MR) is 67.8 cm³/mol. The number of amides is 1. The van der Waals surface area contributed by atoms with E-state index >= 15 is 0 Å². The molecule has 0 spiro atoms.